The Morgan fingerprint density at radius 2 is 2.00 bits per heavy atom. The SMILES string of the molecule is NC(=O)OCCNCCOCCO. The Hall–Kier alpha value is -0.850. The number of carbonyl (C=O) groups excluding carboxylic acids is 1. The summed E-state index contributed by atoms with van der Waals surface area (Å²) >= 11 is 0. The van der Waals surface area contributed by atoms with Crippen molar-refractivity contribution in [3.63, 3.8) is 0 Å². The zero-order valence-electron chi connectivity index (χ0n) is 7.49. The summed E-state index contributed by atoms with van der Waals surface area (Å²) < 4.78 is 9.43. The van der Waals surface area contributed by atoms with Gasteiger partial charge in [0, 0.05) is 13.1 Å². The van der Waals surface area contributed by atoms with E-state index < -0.39 is 6.09 Å². The van der Waals surface area contributed by atoms with Crippen molar-refractivity contribution in [2.75, 3.05) is 39.5 Å². The van der Waals surface area contributed by atoms with Gasteiger partial charge >= 0.3 is 6.09 Å². The summed E-state index contributed by atoms with van der Waals surface area (Å²) in [5, 5.41) is 11.3. The first-order valence-electron chi connectivity index (χ1n) is 4.09. The minimum absolute atomic E-state index is 0.0325. The number of primary amides is 1. The minimum atomic E-state index is -0.765. The molecule has 6 heteroatoms. The summed E-state index contributed by atoms with van der Waals surface area (Å²) in [6.45, 7) is 2.37. The third-order valence-corrected chi connectivity index (χ3v) is 1.18. The van der Waals surface area contributed by atoms with Gasteiger partial charge in [0.15, 0.2) is 0 Å². The van der Waals surface area contributed by atoms with Crippen LogP contribution in [0.15, 0.2) is 0 Å². The van der Waals surface area contributed by atoms with Crippen LogP contribution in [0.1, 0.15) is 0 Å². The highest BCUT2D eigenvalue weighted by Crippen LogP contribution is 1.73. The van der Waals surface area contributed by atoms with E-state index >= 15 is 0 Å². The molecule has 78 valence electrons. The quantitative estimate of drug-likeness (QED) is 0.415. The maximum atomic E-state index is 10.1. The standard InChI is InChI=1S/C7H16N2O4/c8-7(11)13-5-2-9-1-4-12-6-3-10/h9-10H,1-6H2,(H2,8,11). The second-order valence-corrected chi connectivity index (χ2v) is 2.25. The smallest absolute Gasteiger partial charge is 0.404 e. The molecule has 0 unspecified atom stereocenters. The van der Waals surface area contributed by atoms with Gasteiger partial charge in [-0.15, -0.1) is 0 Å². The third kappa shape index (κ3) is 11.1. The van der Waals surface area contributed by atoms with E-state index in [2.05, 4.69) is 10.1 Å². The molecule has 0 aliphatic rings. The highest BCUT2D eigenvalue weighted by atomic mass is 16.5. The molecule has 0 saturated carbocycles. The molecule has 1 amide bonds. The normalized spacial score (nSPS) is 9.92. The average Bonchev–Trinajstić information content (AvgIpc) is 2.09. The van der Waals surface area contributed by atoms with Gasteiger partial charge in [-0.3, -0.25) is 0 Å². The van der Waals surface area contributed by atoms with Gasteiger partial charge in [-0.2, -0.15) is 0 Å². The number of amides is 1. The van der Waals surface area contributed by atoms with Gasteiger partial charge in [0.1, 0.15) is 6.61 Å². The number of nitrogens with two attached hydrogens (primary N) is 1. The molecule has 0 bridgehead atoms. The van der Waals surface area contributed by atoms with E-state index in [0.717, 1.165) is 0 Å². The van der Waals surface area contributed by atoms with Crippen molar-refractivity contribution in [1.82, 2.24) is 5.32 Å². The van der Waals surface area contributed by atoms with Gasteiger partial charge in [-0.1, -0.05) is 0 Å². The first kappa shape index (κ1) is 12.2. The Kier molecular flexibility index (Phi) is 8.64. The van der Waals surface area contributed by atoms with E-state index in [1.807, 2.05) is 0 Å². The van der Waals surface area contributed by atoms with Crippen LogP contribution < -0.4 is 11.1 Å². The number of hydrogen-bond acceptors (Lipinski definition) is 5. The molecule has 0 spiro atoms. The molecule has 0 aromatic heterocycles. The maximum absolute atomic E-state index is 10.1. The fourth-order valence-corrected chi connectivity index (χ4v) is 0.660. The van der Waals surface area contributed by atoms with E-state index in [0.29, 0.717) is 26.3 Å². The summed E-state index contributed by atoms with van der Waals surface area (Å²) in [6.07, 6.45) is -0.765. The van der Waals surface area contributed by atoms with Crippen molar-refractivity contribution >= 4 is 6.09 Å². The van der Waals surface area contributed by atoms with E-state index in [9.17, 15) is 4.79 Å². The van der Waals surface area contributed by atoms with Crippen LogP contribution >= 0.6 is 0 Å². The largest absolute Gasteiger partial charge is 0.448 e. The van der Waals surface area contributed by atoms with Gasteiger partial charge in [-0.25, -0.2) is 4.79 Å². The van der Waals surface area contributed by atoms with Crippen LogP contribution in [0.4, 0.5) is 4.79 Å². The first-order valence-corrected chi connectivity index (χ1v) is 4.09. The molecule has 0 rings (SSSR count). The molecule has 0 aromatic carbocycles. The number of nitrogens with one attached hydrogen (secondary N) is 1. The summed E-state index contributed by atoms with van der Waals surface area (Å²) in [6, 6.07) is 0. The lowest BCUT2D eigenvalue weighted by molar-refractivity contribution is 0.0928. The van der Waals surface area contributed by atoms with Crippen LogP contribution in [0.5, 0.6) is 0 Å². The maximum Gasteiger partial charge on any atom is 0.404 e. The molecule has 0 aliphatic heterocycles. The minimum Gasteiger partial charge on any atom is -0.448 e. The van der Waals surface area contributed by atoms with Gasteiger partial charge in [0.05, 0.1) is 19.8 Å². The topological polar surface area (TPSA) is 93.8 Å². The predicted octanol–water partition coefficient (Wildman–Crippen LogP) is -1.32. The number of aliphatic hydroxyl groups is 1. The molecule has 4 N–H and O–H groups in total. The molecule has 0 heterocycles. The average molecular weight is 192 g/mol. The highest BCUT2D eigenvalue weighted by Gasteiger charge is 1.92. The summed E-state index contributed by atoms with van der Waals surface area (Å²) in [7, 11) is 0. The second-order valence-electron chi connectivity index (χ2n) is 2.25. The van der Waals surface area contributed by atoms with Crippen LogP contribution in [-0.4, -0.2) is 50.7 Å². The van der Waals surface area contributed by atoms with Crippen molar-refractivity contribution in [2.24, 2.45) is 5.73 Å². The predicted molar refractivity (Wildman–Crippen MR) is 46.3 cm³/mol. The molecule has 0 atom stereocenters. The van der Waals surface area contributed by atoms with E-state index in [1.54, 1.807) is 0 Å². The monoisotopic (exact) mass is 192 g/mol. The molecule has 0 aromatic rings. The molecule has 0 saturated heterocycles. The number of ether oxygens (including phenoxy) is 2. The molecular formula is C7H16N2O4. The third-order valence-electron chi connectivity index (χ3n) is 1.18. The Balaban J connectivity index is 2.87. The Labute approximate surface area is 77.0 Å². The molecule has 0 radical (unpaired) electrons. The van der Waals surface area contributed by atoms with Crippen molar-refractivity contribution < 1.29 is 19.4 Å². The lowest BCUT2D eigenvalue weighted by Crippen LogP contribution is -2.26. The van der Waals surface area contributed by atoms with Gasteiger partial charge < -0.3 is 25.6 Å². The molecule has 0 fully saturated rings. The van der Waals surface area contributed by atoms with Crippen molar-refractivity contribution in [3.8, 4) is 0 Å². The number of rotatable bonds is 8. The molecule has 6 nitrogen and oxygen atoms in total. The van der Waals surface area contributed by atoms with Crippen molar-refractivity contribution in [2.45, 2.75) is 0 Å². The summed E-state index contributed by atoms with van der Waals surface area (Å²) in [5.74, 6) is 0. The fourth-order valence-electron chi connectivity index (χ4n) is 0.660. The lowest BCUT2D eigenvalue weighted by atomic mass is 10.6. The number of carbonyl (C=O) groups is 1. The molecule has 13 heavy (non-hydrogen) atoms. The number of hydrogen-bond donors (Lipinski definition) is 3. The molecular weight excluding hydrogens is 176 g/mol. The van der Waals surface area contributed by atoms with Crippen LogP contribution in [0.3, 0.4) is 0 Å². The van der Waals surface area contributed by atoms with Gasteiger partial charge in [0.25, 0.3) is 0 Å². The zero-order valence-corrected chi connectivity index (χ0v) is 7.49. The van der Waals surface area contributed by atoms with Crippen LogP contribution in [-0.2, 0) is 9.47 Å². The van der Waals surface area contributed by atoms with Crippen LogP contribution in [0.2, 0.25) is 0 Å². The summed E-state index contributed by atoms with van der Waals surface area (Å²) in [5.41, 5.74) is 4.73. The molecule has 0 aliphatic carbocycles. The van der Waals surface area contributed by atoms with E-state index in [-0.39, 0.29) is 13.2 Å². The zero-order chi connectivity index (χ0) is 9.94. The van der Waals surface area contributed by atoms with Gasteiger partial charge in [-0.05, 0) is 0 Å². The first-order chi connectivity index (χ1) is 6.27. The van der Waals surface area contributed by atoms with Crippen LogP contribution in [0, 0.1) is 0 Å². The van der Waals surface area contributed by atoms with Gasteiger partial charge in [0.2, 0.25) is 0 Å². The number of aliphatic hydroxyl groups excluding tert-OH is 1. The Morgan fingerprint density at radius 3 is 2.62 bits per heavy atom. The fraction of sp³-hybridized carbons (Fsp3) is 0.857. The Bertz CT molecular complexity index is 132. The summed E-state index contributed by atoms with van der Waals surface area (Å²) in [4.78, 5) is 10.1. The van der Waals surface area contributed by atoms with E-state index in [4.69, 9.17) is 15.6 Å². The van der Waals surface area contributed by atoms with E-state index in [1.165, 1.54) is 0 Å². The van der Waals surface area contributed by atoms with Crippen molar-refractivity contribution in [1.29, 1.82) is 0 Å². The van der Waals surface area contributed by atoms with Crippen LogP contribution in [0.25, 0.3) is 0 Å². The highest BCUT2D eigenvalue weighted by molar-refractivity contribution is 5.64. The Morgan fingerprint density at radius 1 is 1.31 bits per heavy atom. The second kappa shape index (κ2) is 9.24. The lowest BCUT2D eigenvalue weighted by Gasteiger charge is -2.04. The van der Waals surface area contributed by atoms with Crippen molar-refractivity contribution in [3.05, 3.63) is 0 Å².